The van der Waals surface area contributed by atoms with Gasteiger partial charge in [0.15, 0.2) is 0 Å². The molecule has 0 aliphatic heterocycles. The summed E-state index contributed by atoms with van der Waals surface area (Å²) in [5, 5.41) is 4.43. The second kappa shape index (κ2) is 8.34. The molecule has 120 valence electrons. The highest BCUT2D eigenvalue weighted by Gasteiger charge is 2.13. The smallest absolute Gasteiger partial charge is 0.211 e. The van der Waals surface area contributed by atoms with E-state index in [4.69, 9.17) is 23.2 Å². The van der Waals surface area contributed by atoms with Crippen molar-refractivity contribution < 1.29 is 8.42 Å². The van der Waals surface area contributed by atoms with Gasteiger partial charge in [-0.1, -0.05) is 36.2 Å². The lowest BCUT2D eigenvalue weighted by Crippen LogP contribution is -2.32. The third kappa shape index (κ3) is 6.12. The number of benzene rings is 1. The fraction of sp³-hybridized carbons (Fsp3) is 0.571. The lowest BCUT2D eigenvalue weighted by molar-refractivity contribution is 0.413. The SMILES string of the molecule is CCN(CCCNC(C)c1ccc(Cl)c(Cl)c1)S(C)(=O)=O. The number of rotatable bonds is 8. The van der Waals surface area contributed by atoms with E-state index >= 15 is 0 Å². The molecular weight excluding hydrogens is 331 g/mol. The first kappa shape index (κ1) is 18.7. The minimum absolute atomic E-state index is 0.132. The molecule has 0 aliphatic carbocycles. The van der Waals surface area contributed by atoms with Gasteiger partial charge in [0, 0.05) is 19.1 Å². The van der Waals surface area contributed by atoms with Gasteiger partial charge < -0.3 is 5.32 Å². The van der Waals surface area contributed by atoms with Gasteiger partial charge in [-0.05, 0) is 37.6 Å². The highest BCUT2D eigenvalue weighted by atomic mass is 35.5. The molecule has 0 bridgehead atoms. The maximum absolute atomic E-state index is 11.5. The second-order valence-electron chi connectivity index (χ2n) is 4.96. The molecule has 0 aliphatic rings. The first-order valence-electron chi connectivity index (χ1n) is 6.89. The Balaban J connectivity index is 2.43. The van der Waals surface area contributed by atoms with Gasteiger partial charge in [0.25, 0.3) is 0 Å². The van der Waals surface area contributed by atoms with Gasteiger partial charge in [0.2, 0.25) is 10.0 Å². The first-order valence-corrected chi connectivity index (χ1v) is 9.49. The highest BCUT2D eigenvalue weighted by Crippen LogP contribution is 2.25. The fourth-order valence-electron chi connectivity index (χ4n) is 2.03. The molecule has 4 nitrogen and oxygen atoms in total. The van der Waals surface area contributed by atoms with E-state index in [0.717, 1.165) is 18.5 Å². The summed E-state index contributed by atoms with van der Waals surface area (Å²) >= 11 is 11.9. The number of nitrogens with zero attached hydrogens (tertiary/aromatic N) is 1. The van der Waals surface area contributed by atoms with E-state index in [2.05, 4.69) is 5.32 Å². The van der Waals surface area contributed by atoms with Crippen LogP contribution in [0, 0.1) is 0 Å². The van der Waals surface area contributed by atoms with Crippen molar-refractivity contribution in [1.82, 2.24) is 9.62 Å². The van der Waals surface area contributed by atoms with Crippen LogP contribution in [0.3, 0.4) is 0 Å². The van der Waals surface area contributed by atoms with Crippen molar-refractivity contribution in [1.29, 1.82) is 0 Å². The lowest BCUT2D eigenvalue weighted by Gasteiger charge is -2.19. The maximum atomic E-state index is 11.5. The molecule has 1 N–H and O–H groups in total. The summed E-state index contributed by atoms with van der Waals surface area (Å²) in [7, 11) is -3.10. The van der Waals surface area contributed by atoms with Gasteiger partial charge in [-0.25, -0.2) is 12.7 Å². The van der Waals surface area contributed by atoms with Crippen LogP contribution in [0.4, 0.5) is 0 Å². The van der Waals surface area contributed by atoms with Gasteiger partial charge in [-0.3, -0.25) is 0 Å². The molecule has 0 aromatic heterocycles. The molecule has 0 saturated carbocycles. The van der Waals surface area contributed by atoms with Crippen LogP contribution in [0.25, 0.3) is 0 Å². The molecule has 0 fully saturated rings. The van der Waals surface area contributed by atoms with Gasteiger partial charge in [-0.15, -0.1) is 0 Å². The Morgan fingerprint density at radius 2 is 1.95 bits per heavy atom. The van der Waals surface area contributed by atoms with E-state index in [9.17, 15) is 8.42 Å². The molecular formula is C14H22Cl2N2O2S. The van der Waals surface area contributed by atoms with E-state index in [-0.39, 0.29) is 6.04 Å². The lowest BCUT2D eigenvalue weighted by atomic mass is 10.1. The number of halogens is 2. The summed E-state index contributed by atoms with van der Waals surface area (Å²) in [4.78, 5) is 0. The van der Waals surface area contributed by atoms with E-state index in [1.807, 2.05) is 26.0 Å². The molecule has 0 heterocycles. The van der Waals surface area contributed by atoms with Crippen LogP contribution in [0.5, 0.6) is 0 Å². The Morgan fingerprint density at radius 3 is 2.48 bits per heavy atom. The zero-order chi connectivity index (χ0) is 16.0. The summed E-state index contributed by atoms with van der Waals surface area (Å²) in [5.74, 6) is 0. The van der Waals surface area contributed by atoms with E-state index in [1.54, 1.807) is 6.07 Å². The summed E-state index contributed by atoms with van der Waals surface area (Å²) in [6, 6.07) is 5.69. The Labute approximate surface area is 137 Å². The van der Waals surface area contributed by atoms with Crippen molar-refractivity contribution in [2.75, 3.05) is 25.9 Å². The molecule has 1 rings (SSSR count). The molecule has 1 unspecified atom stereocenters. The third-order valence-electron chi connectivity index (χ3n) is 3.30. The summed E-state index contributed by atoms with van der Waals surface area (Å²) in [6.07, 6.45) is 1.99. The van der Waals surface area contributed by atoms with E-state index in [1.165, 1.54) is 10.6 Å². The Bertz CT molecular complexity index is 564. The molecule has 21 heavy (non-hydrogen) atoms. The Morgan fingerprint density at radius 1 is 1.29 bits per heavy atom. The van der Waals surface area contributed by atoms with Gasteiger partial charge in [0.05, 0.1) is 16.3 Å². The zero-order valence-electron chi connectivity index (χ0n) is 12.6. The van der Waals surface area contributed by atoms with E-state index in [0.29, 0.717) is 23.1 Å². The molecule has 1 aromatic rings. The van der Waals surface area contributed by atoms with Crippen molar-refractivity contribution in [3.8, 4) is 0 Å². The summed E-state index contributed by atoms with van der Waals surface area (Å²) in [6.45, 7) is 5.63. The largest absolute Gasteiger partial charge is 0.310 e. The predicted molar refractivity (Wildman–Crippen MR) is 89.6 cm³/mol. The average molecular weight is 353 g/mol. The maximum Gasteiger partial charge on any atom is 0.211 e. The van der Waals surface area contributed by atoms with Crippen LogP contribution in [-0.4, -0.2) is 38.6 Å². The number of hydrogen-bond donors (Lipinski definition) is 1. The number of sulfonamides is 1. The van der Waals surface area contributed by atoms with Crippen molar-refractivity contribution >= 4 is 33.2 Å². The third-order valence-corrected chi connectivity index (χ3v) is 5.42. The van der Waals surface area contributed by atoms with Crippen molar-refractivity contribution in [2.24, 2.45) is 0 Å². The molecule has 0 amide bonds. The first-order chi connectivity index (χ1) is 9.75. The fourth-order valence-corrected chi connectivity index (χ4v) is 3.27. The monoisotopic (exact) mass is 352 g/mol. The summed E-state index contributed by atoms with van der Waals surface area (Å²) < 4.78 is 24.4. The molecule has 1 aromatic carbocycles. The van der Waals surface area contributed by atoms with Crippen LogP contribution in [0.2, 0.25) is 10.0 Å². The standard InChI is InChI=1S/C14H22Cl2N2O2S/c1-4-18(21(3,19)20)9-5-8-17-11(2)12-6-7-13(15)14(16)10-12/h6-7,10-11,17H,4-5,8-9H2,1-3H3. The van der Waals surface area contributed by atoms with Crippen LogP contribution in [-0.2, 0) is 10.0 Å². The van der Waals surface area contributed by atoms with Crippen molar-refractivity contribution in [3.05, 3.63) is 33.8 Å². The van der Waals surface area contributed by atoms with Crippen LogP contribution < -0.4 is 5.32 Å². The second-order valence-corrected chi connectivity index (χ2v) is 7.75. The molecule has 0 spiro atoms. The summed E-state index contributed by atoms with van der Waals surface area (Å²) in [5.41, 5.74) is 1.06. The van der Waals surface area contributed by atoms with Crippen LogP contribution in [0.15, 0.2) is 18.2 Å². The van der Waals surface area contributed by atoms with Gasteiger partial charge in [0.1, 0.15) is 0 Å². The minimum atomic E-state index is -3.10. The topological polar surface area (TPSA) is 49.4 Å². The minimum Gasteiger partial charge on any atom is -0.310 e. The van der Waals surface area contributed by atoms with Crippen LogP contribution in [0.1, 0.15) is 31.9 Å². The Kier molecular flexibility index (Phi) is 7.44. The number of nitrogens with one attached hydrogen (secondary N) is 1. The van der Waals surface area contributed by atoms with Crippen molar-refractivity contribution in [2.45, 2.75) is 26.3 Å². The molecule has 1 atom stereocenters. The van der Waals surface area contributed by atoms with Crippen molar-refractivity contribution in [3.63, 3.8) is 0 Å². The van der Waals surface area contributed by atoms with E-state index < -0.39 is 10.0 Å². The van der Waals surface area contributed by atoms with Gasteiger partial charge in [-0.2, -0.15) is 0 Å². The Hall–Kier alpha value is -0.330. The quantitative estimate of drug-likeness (QED) is 0.730. The molecule has 0 radical (unpaired) electrons. The van der Waals surface area contributed by atoms with Gasteiger partial charge >= 0.3 is 0 Å². The number of hydrogen-bond acceptors (Lipinski definition) is 3. The highest BCUT2D eigenvalue weighted by molar-refractivity contribution is 7.88. The molecule has 7 heteroatoms. The van der Waals surface area contributed by atoms with Crippen LogP contribution >= 0.6 is 23.2 Å². The molecule has 0 saturated heterocycles. The zero-order valence-corrected chi connectivity index (χ0v) is 14.9. The normalized spacial score (nSPS) is 13.6. The predicted octanol–water partition coefficient (Wildman–Crippen LogP) is 3.32. The average Bonchev–Trinajstić information content (AvgIpc) is 2.40.